The Morgan fingerprint density at radius 1 is 1.35 bits per heavy atom. The predicted octanol–water partition coefficient (Wildman–Crippen LogP) is 2.92. The van der Waals surface area contributed by atoms with Gasteiger partial charge in [0, 0.05) is 26.2 Å². The van der Waals surface area contributed by atoms with Gasteiger partial charge in [-0.2, -0.15) is 0 Å². The van der Waals surface area contributed by atoms with E-state index in [9.17, 15) is 9.18 Å². The van der Waals surface area contributed by atoms with Crippen molar-refractivity contribution in [3.05, 3.63) is 29.0 Å². The maximum Gasteiger partial charge on any atom is 0.239 e. The number of rotatable bonds is 4. The molecular weight excluding hydrogens is 340 g/mol. The van der Waals surface area contributed by atoms with E-state index in [0.717, 1.165) is 12.1 Å². The van der Waals surface area contributed by atoms with Crippen LogP contribution in [0.15, 0.2) is 18.2 Å². The highest BCUT2D eigenvalue weighted by atomic mass is 35.5. The number of nitrogens with two attached hydrogens (primary N) is 1. The predicted molar refractivity (Wildman–Crippen MR) is 94.9 cm³/mol. The molecule has 2 atom stereocenters. The van der Waals surface area contributed by atoms with Gasteiger partial charge in [-0.25, -0.2) is 4.39 Å². The molecule has 1 fully saturated rings. The van der Waals surface area contributed by atoms with Crippen LogP contribution < -0.4 is 10.6 Å². The summed E-state index contributed by atoms with van der Waals surface area (Å²) in [6.45, 7) is 6.59. The molecule has 0 bridgehead atoms. The van der Waals surface area contributed by atoms with Gasteiger partial charge in [0.2, 0.25) is 5.91 Å². The SMILES string of the molecule is CCC(C)C(N)C(=O)N1CCN(c2ccc(F)cc2Cl)CC1.Cl. The van der Waals surface area contributed by atoms with Crippen LogP contribution in [0, 0.1) is 11.7 Å². The van der Waals surface area contributed by atoms with Gasteiger partial charge in [-0.3, -0.25) is 4.79 Å². The molecule has 1 aromatic rings. The fourth-order valence-electron chi connectivity index (χ4n) is 2.61. The second-order valence-corrected chi connectivity index (χ2v) is 6.23. The first kappa shape index (κ1) is 20.0. The molecule has 0 aromatic heterocycles. The lowest BCUT2D eigenvalue weighted by Gasteiger charge is -2.38. The monoisotopic (exact) mass is 363 g/mol. The van der Waals surface area contributed by atoms with E-state index in [0.29, 0.717) is 31.2 Å². The van der Waals surface area contributed by atoms with E-state index in [2.05, 4.69) is 4.90 Å². The van der Waals surface area contributed by atoms with Crippen LogP contribution >= 0.6 is 24.0 Å². The van der Waals surface area contributed by atoms with Crippen LogP contribution in [0.3, 0.4) is 0 Å². The molecule has 0 aliphatic carbocycles. The number of anilines is 1. The van der Waals surface area contributed by atoms with Crippen molar-refractivity contribution in [2.75, 3.05) is 31.1 Å². The Morgan fingerprint density at radius 2 is 1.96 bits per heavy atom. The minimum atomic E-state index is -0.439. The summed E-state index contributed by atoms with van der Waals surface area (Å²) in [4.78, 5) is 16.2. The van der Waals surface area contributed by atoms with Crippen molar-refractivity contribution in [3.8, 4) is 0 Å². The third-order valence-corrected chi connectivity index (χ3v) is 4.69. The van der Waals surface area contributed by atoms with Gasteiger partial charge in [-0.05, 0) is 24.1 Å². The molecule has 2 N–H and O–H groups in total. The van der Waals surface area contributed by atoms with Crippen LogP contribution in [0.5, 0.6) is 0 Å². The Hall–Kier alpha value is -1.04. The molecule has 130 valence electrons. The van der Waals surface area contributed by atoms with E-state index < -0.39 is 6.04 Å². The minimum absolute atomic E-state index is 0. The molecule has 1 aliphatic heterocycles. The van der Waals surface area contributed by atoms with Crippen LogP contribution in [0.4, 0.5) is 10.1 Å². The molecule has 7 heteroatoms. The lowest BCUT2D eigenvalue weighted by Crippen LogP contribution is -2.54. The number of hydrogen-bond acceptors (Lipinski definition) is 3. The highest BCUT2D eigenvalue weighted by molar-refractivity contribution is 6.33. The largest absolute Gasteiger partial charge is 0.367 e. The van der Waals surface area contributed by atoms with Gasteiger partial charge in [-0.15, -0.1) is 12.4 Å². The van der Waals surface area contributed by atoms with Crippen LogP contribution in [-0.4, -0.2) is 43.0 Å². The average Bonchev–Trinajstić information content (AvgIpc) is 2.53. The Morgan fingerprint density at radius 3 is 2.48 bits per heavy atom. The zero-order chi connectivity index (χ0) is 16.3. The van der Waals surface area contributed by atoms with Crippen molar-refractivity contribution in [1.29, 1.82) is 0 Å². The van der Waals surface area contributed by atoms with E-state index in [1.165, 1.54) is 12.1 Å². The first-order chi connectivity index (χ1) is 10.4. The fourth-order valence-corrected chi connectivity index (χ4v) is 2.90. The Kier molecular flexibility index (Phi) is 7.58. The first-order valence-corrected chi connectivity index (χ1v) is 8.06. The first-order valence-electron chi connectivity index (χ1n) is 7.68. The van der Waals surface area contributed by atoms with Crippen LogP contribution in [0.25, 0.3) is 0 Å². The van der Waals surface area contributed by atoms with Gasteiger partial charge < -0.3 is 15.5 Å². The summed E-state index contributed by atoms with van der Waals surface area (Å²) in [7, 11) is 0. The van der Waals surface area contributed by atoms with E-state index in [1.807, 2.05) is 18.7 Å². The molecule has 2 unspecified atom stereocenters. The topological polar surface area (TPSA) is 49.6 Å². The number of carbonyl (C=O) groups excluding carboxylic acids is 1. The highest BCUT2D eigenvalue weighted by Crippen LogP contribution is 2.27. The third-order valence-electron chi connectivity index (χ3n) is 4.38. The van der Waals surface area contributed by atoms with Gasteiger partial charge >= 0.3 is 0 Å². The standard InChI is InChI=1S/C16H23ClFN3O.ClH/c1-3-11(2)15(19)16(22)21-8-6-20(7-9-21)14-5-4-12(18)10-13(14)17;/h4-5,10-11,15H,3,6-9,19H2,1-2H3;1H. The second kappa shape index (κ2) is 8.71. The maximum atomic E-state index is 13.1. The maximum absolute atomic E-state index is 13.1. The summed E-state index contributed by atoms with van der Waals surface area (Å²) < 4.78 is 13.1. The van der Waals surface area contributed by atoms with Gasteiger partial charge in [0.25, 0.3) is 0 Å². The summed E-state index contributed by atoms with van der Waals surface area (Å²) >= 11 is 6.09. The van der Waals surface area contributed by atoms with Crippen molar-refractivity contribution in [1.82, 2.24) is 4.90 Å². The molecule has 0 saturated carbocycles. The number of halogens is 3. The molecule has 1 saturated heterocycles. The minimum Gasteiger partial charge on any atom is -0.367 e. The van der Waals surface area contributed by atoms with Crippen molar-refractivity contribution >= 4 is 35.6 Å². The quantitative estimate of drug-likeness (QED) is 0.894. The lowest BCUT2D eigenvalue weighted by molar-refractivity contribution is -0.134. The molecule has 1 amide bonds. The van der Waals surface area contributed by atoms with Gasteiger partial charge in [-0.1, -0.05) is 31.9 Å². The molecule has 0 radical (unpaired) electrons. The van der Waals surface area contributed by atoms with E-state index in [1.54, 1.807) is 6.07 Å². The summed E-state index contributed by atoms with van der Waals surface area (Å²) in [5.41, 5.74) is 6.83. The zero-order valence-corrected chi connectivity index (χ0v) is 15.0. The lowest BCUT2D eigenvalue weighted by atomic mass is 9.98. The Balaban J connectivity index is 0.00000264. The third kappa shape index (κ3) is 4.72. The summed E-state index contributed by atoms with van der Waals surface area (Å²) in [6, 6.07) is 3.95. The van der Waals surface area contributed by atoms with E-state index in [-0.39, 0.29) is 30.0 Å². The molecule has 1 aromatic carbocycles. The molecule has 1 aliphatic rings. The van der Waals surface area contributed by atoms with Crippen LogP contribution in [-0.2, 0) is 4.79 Å². The normalized spacial score (nSPS) is 17.4. The highest BCUT2D eigenvalue weighted by Gasteiger charge is 2.28. The number of benzene rings is 1. The summed E-state index contributed by atoms with van der Waals surface area (Å²) in [5, 5.41) is 0.399. The number of carbonyl (C=O) groups is 1. The molecule has 23 heavy (non-hydrogen) atoms. The van der Waals surface area contributed by atoms with Gasteiger partial charge in [0.15, 0.2) is 0 Å². The molecular formula is C16H24Cl2FN3O. The van der Waals surface area contributed by atoms with Crippen LogP contribution in [0.2, 0.25) is 5.02 Å². The molecule has 4 nitrogen and oxygen atoms in total. The molecule has 1 heterocycles. The fraction of sp³-hybridized carbons (Fsp3) is 0.562. The van der Waals surface area contributed by atoms with Crippen molar-refractivity contribution in [2.45, 2.75) is 26.3 Å². The van der Waals surface area contributed by atoms with Gasteiger partial charge in [0.1, 0.15) is 5.82 Å². The Labute approximate surface area is 148 Å². The van der Waals surface area contributed by atoms with E-state index in [4.69, 9.17) is 17.3 Å². The summed E-state index contributed by atoms with van der Waals surface area (Å²) in [5.74, 6) is -0.154. The number of piperazine rings is 1. The van der Waals surface area contributed by atoms with Crippen molar-refractivity contribution in [3.63, 3.8) is 0 Å². The number of amides is 1. The van der Waals surface area contributed by atoms with Gasteiger partial charge in [0.05, 0.1) is 16.8 Å². The zero-order valence-electron chi connectivity index (χ0n) is 13.5. The second-order valence-electron chi connectivity index (χ2n) is 5.82. The molecule has 2 rings (SSSR count). The van der Waals surface area contributed by atoms with E-state index >= 15 is 0 Å². The number of hydrogen-bond donors (Lipinski definition) is 1. The van der Waals surface area contributed by atoms with Crippen molar-refractivity contribution in [2.24, 2.45) is 11.7 Å². The molecule has 0 spiro atoms. The Bertz CT molecular complexity index is 536. The summed E-state index contributed by atoms with van der Waals surface area (Å²) in [6.07, 6.45) is 0.887. The van der Waals surface area contributed by atoms with Crippen LogP contribution in [0.1, 0.15) is 20.3 Å². The number of nitrogens with zero attached hydrogens (tertiary/aromatic N) is 2. The average molecular weight is 364 g/mol. The van der Waals surface area contributed by atoms with Crippen molar-refractivity contribution < 1.29 is 9.18 Å². The smallest absolute Gasteiger partial charge is 0.239 e.